The van der Waals surface area contributed by atoms with Crippen molar-refractivity contribution in [1.29, 1.82) is 0 Å². The van der Waals surface area contributed by atoms with Gasteiger partial charge in [-0.3, -0.25) is 4.79 Å². The predicted octanol–water partition coefficient (Wildman–Crippen LogP) is 7.92. The fourth-order valence-corrected chi connectivity index (χ4v) is 4.69. The highest BCUT2D eigenvalue weighted by Crippen LogP contribution is 2.27. The fourth-order valence-electron chi connectivity index (χ4n) is 4.44. The average molecular weight is 502 g/mol. The van der Waals surface area contributed by atoms with Crippen molar-refractivity contribution in [3.63, 3.8) is 0 Å². The van der Waals surface area contributed by atoms with Crippen LogP contribution in [0.4, 0.5) is 0 Å². The zero-order valence-corrected chi connectivity index (χ0v) is 21.3. The summed E-state index contributed by atoms with van der Waals surface area (Å²) in [5.74, 6) is 0.0325. The van der Waals surface area contributed by atoms with E-state index in [0.29, 0.717) is 10.0 Å². The van der Waals surface area contributed by atoms with Gasteiger partial charge >= 0.3 is 0 Å². The summed E-state index contributed by atoms with van der Waals surface area (Å²) in [6.45, 7) is 2.07. The normalized spacial score (nSPS) is 12.7. The molecular weight excluding hydrogens is 473 g/mol. The van der Waals surface area contributed by atoms with E-state index in [0.717, 1.165) is 36.0 Å². The highest BCUT2D eigenvalue weighted by Gasteiger charge is 2.23. The summed E-state index contributed by atoms with van der Waals surface area (Å²) >= 11 is 12.2. The van der Waals surface area contributed by atoms with Gasteiger partial charge in [0.2, 0.25) is 0 Å². The van der Waals surface area contributed by atoms with Crippen LogP contribution in [0, 0.1) is 0 Å². The number of hydrogen-bond donors (Lipinski definition) is 1. The minimum atomic E-state index is -0.0958. The molecule has 2 nitrogen and oxygen atoms in total. The topological polar surface area (TPSA) is 29.1 Å². The van der Waals surface area contributed by atoms with Gasteiger partial charge in [-0.1, -0.05) is 96.0 Å². The molecule has 0 aliphatic carbocycles. The second kappa shape index (κ2) is 12.1. The average Bonchev–Trinajstić information content (AvgIpc) is 2.88. The first-order valence-corrected chi connectivity index (χ1v) is 12.7. The molecule has 4 rings (SSSR count). The molecule has 35 heavy (non-hydrogen) atoms. The lowest BCUT2D eigenvalue weighted by Gasteiger charge is -2.26. The molecular formula is C31H29Cl2NO. The monoisotopic (exact) mass is 501 g/mol. The minimum absolute atomic E-state index is 0.0452. The molecule has 0 aliphatic heterocycles. The first-order valence-electron chi connectivity index (χ1n) is 11.9. The summed E-state index contributed by atoms with van der Waals surface area (Å²) in [6, 6.07) is 33.9. The van der Waals surface area contributed by atoms with Crippen molar-refractivity contribution in [1.82, 2.24) is 5.32 Å². The summed E-state index contributed by atoms with van der Waals surface area (Å²) in [5, 5.41) is 4.69. The van der Waals surface area contributed by atoms with Gasteiger partial charge in [0, 0.05) is 27.6 Å². The molecule has 2 atom stereocenters. The molecule has 0 fully saturated rings. The van der Waals surface area contributed by atoms with E-state index in [4.69, 9.17) is 23.2 Å². The van der Waals surface area contributed by atoms with E-state index in [1.807, 2.05) is 91.0 Å². The van der Waals surface area contributed by atoms with Gasteiger partial charge in [0.1, 0.15) is 0 Å². The second-order valence-electron chi connectivity index (χ2n) is 8.89. The molecule has 0 heterocycles. The summed E-state index contributed by atoms with van der Waals surface area (Å²) in [4.78, 5) is 13.4. The molecule has 0 radical (unpaired) electrons. The van der Waals surface area contributed by atoms with Crippen LogP contribution in [0.1, 0.15) is 45.5 Å². The molecule has 0 saturated carbocycles. The summed E-state index contributed by atoms with van der Waals surface area (Å²) < 4.78 is 0. The summed E-state index contributed by atoms with van der Waals surface area (Å²) in [6.07, 6.45) is 2.48. The summed E-state index contributed by atoms with van der Waals surface area (Å²) in [7, 11) is 0. The molecule has 4 aromatic rings. The lowest BCUT2D eigenvalue weighted by Crippen LogP contribution is -2.38. The Bertz CT molecular complexity index is 1240. The molecule has 4 aromatic carbocycles. The number of carbonyl (C=O) groups is 1. The number of amides is 1. The van der Waals surface area contributed by atoms with Gasteiger partial charge in [-0.05, 0) is 78.8 Å². The molecule has 0 unspecified atom stereocenters. The van der Waals surface area contributed by atoms with Crippen LogP contribution in [0.25, 0.3) is 0 Å². The quantitative estimate of drug-likeness (QED) is 0.248. The maximum Gasteiger partial charge on any atom is 0.251 e. The van der Waals surface area contributed by atoms with E-state index in [9.17, 15) is 4.79 Å². The first-order chi connectivity index (χ1) is 17.0. The third-order valence-corrected chi connectivity index (χ3v) is 6.92. The molecule has 178 valence electrons. The second-order valence-corrected chi connectivity index (χ2v) is 9.77. The van der Waals surface area contributed by atoms with E-state index in [-0.39, 0.29) is 17.9 Å². The first kappa shape index (κ1) is 25.0. The van der Waals surface area contributed by atoms with Gasteiger partial charge in [0.05, 0.1) is 0 Å². The van der Waals surface area contributed by atoms with Gasteiger partial charge in [-0.25, -0.2) is 0 Å². The van der Waals surface area contributed by atoms with Crippen LogP contribution in [0.15, 0.2) is 103 Å². The number of aryl methyl sites for hydroxylation is 2. The molecule has 4 heteroatoms. The van der Waals surface area contributed by atoms with E-state index in [1.165, 1.54) is 11.1 Å². The Hall–Kier alpha value is -3.07. The van der Waals surface area contributed by atoms with Gasteiger partial charge in [0.25, 0.3) is 5.91 Å². The maximum atomic E-state index is 13.4. The van der Waals surface area contributed by atoms with Crippen LogP contribution in [0.5, 0.6) is 0 Å². The van der Waals surface area contributed by atoms with E-state index in [1.54, 1.807) is 0 Å². The van der Waals surface area contributed by atoms with Crippen LogP contribution in [-0.4, -0.2) is 11.9 Å². The Labute approximate surface area is 217 Å². The van der Waals surface area contributed by atoms with Gasteiger partial charge in [-0.15, -0.1) is 0 Å². The highest BCUT2D eigenvalue weighted by atomic mass is 35.5. The van der Waals surface area contributed by atoms with E-state index >= 15 is 0 Å². The number of hydrogen-bond acceptors (Lipinski definition) is 1. The Morgan fingerprint density at radius 2 is 1.31 bits per heavy atom. The van der Waals surface area contributed by atoms with Crippen molar-refractivity contribution in [2.45, 2.75) is 38.1 Å². The fraction of sp³-hybridized carbons (Fsp3) is 0.194. The van der Waals surface area contributed by atoms with Crippen LogP contribution < -0.4 is 5.32 Å². The minimum Gasteiger partial charge on any atom is -0.349 e. The number of carbonyl (C=O) groups excluding carboxylic acids is 1. The molecule has 0 saturated heterocycles. The number of nitrogens with one attached hydrogen (secondary N) is 1. The predicted molar refractivity (Wildman–Crippen MR) is 147 cm³/mol. The zero-order valence-electron chi connectivity index (χ0n) is 19.8. The van der Waals surface area contributed by atoms with Crippen molar-refractivity contribution in [3.05, 3.63) is 141 Å². The third kappa shape index (κ3) is 6.97. The molecule has 1 amide bonds. The standard InChI is InChI=1S/C31H29Cl2NO/c1-22(30(26-15-19-28(33)20-16-26)21-24-12-17-27(32)18-13-24)34-31(35)29-10-6-5-9-25(29)14-11-23-7-3-2-4-8-23/h2-10,12-13,15-20,22,30H,11,14,21H2,1H3,(H,34,35)/t22-,30+/m1/s1. The Balaban J connectivity index is 1.52. The Kier molecular flexibility index (Phi) is 8.63. The number of benzene rings is 4. The molecule has 0 aromatic heterocycles. The summed E-state index contributed by atoms with van der Waals surface area (Å²) in [5.41, 5.74) is 5.36. The molecule has 0 spiro atoms. The van der Waals surface area contributed by atoms with Gasteiger partial charge < -0.3 is 5.32 Å². The van der Waals surface area contributed by atoms with E-state index in [2.05, 4.69) is 24.4 Å². The smallest absolute Gasteiger partial charge is 0.251 e. The van der Waals surface area contributed by atoms with Crippen LogP contribution in [-0.2, 0) is 19.3 Å². The number of rotatable bonds is 9. The van der Waals surface area contributed by atoms with Crippen LogP contribution in [0.2, 0.25) is 10.0 Å². The SMILES string of the molecule is C[C@@H](NC(=O)c1ccccc1CCc1ccccc1)[C@H](Cc1ccc(Cl)cc1)c1ccc(Cl)cc1. The van der Waals surface area contributed by atoms with Crippen LogP contribution in [0.3, 0.4) is 0 Å². The van der Waals surface area contributed by atoms with Crippen molar-refractivity contribution >= 4 is 29.1 Å². The van der Waals surface area contributed by atoms with Gasteiger partial charge in [0.15, 0.2) is 0 Å². The lowest BCUT2D eigenvalue weighted by atomic mass is 9.86. The van der Waals surface area contributed by atoms with Crippen molar-refractivity contribution in [2.24, 2.45) is 0 Å². The third-order valence-electron chi connectivity index (χ3n) is 6.42. The lowest BCUT2D eigenvalue weighted by molar-refractivity contribution is 0.0933. The highest BCUT2D eigenvalue weighted by molar-refractivity contribution is 6.30. The van der Waals surface area contributed by atoms with E-state index < -0.39 is 0 Å². The van der Waals surface area contributed by atoms with Crippen molar-refractivity contribution < 1.29 is 4.79 Å². The molecule has 0 aliphatic rings. The maximum absolute atomic E-state index is 13.4. The van der Waals surface area contributed by atoms with Crippen molar-refractivity contribution in [2.75, 3.05) is 0 Å². The molecule has 1 N–H and O–H groups in total. The number of halogens is 2. The Morgan fingerprint density at radius 1 is 0.714 bits per heavy atom. The zero-order chi connectivity index (χ0) is 24.6. The van der Waals surface area contributed by atoms with Crippen LogP contribution >= 0.6 is 23.2 Å². The molecule has 0 bridgehead atoms. The van der Waals surface area contributed by atoms with Crippen molar-refractivity contribution in [3.8, 4) is 0 Å². The van der Waals surface area contributed by atoms with Gasteiger partial charge in [-0.2, -0.15) is 0 Å². The Morgan fingerprint density at radius 3 is 2.00 bits per heavy atom. The largest absolute Gasteiger partial charge is 0.349 e.